The lowest BCUT2D eigenvalue weighted by atomic mass is 9.91. The maximum Gasteiger partial charge on any atom is 0.170 e. The lowest BCUT2D eigenvalue weighted by molar-refractivity contribution is 0.203. The standard InChI is InChI=1S/C21H22FN5O/c22-16-6-7-17-20(14-16)28-24-21(17)15-8-12-26(13-9-15)10-3-11-27-19-5-2-1-4-18(19)23-25-27/h1-2,4-7,14-15H,3,8-13H2. The van der Waals surface area contributed by atoms with Gasteiger partial charge in [0.25, 0.3) is 0 Å². The second kappa shape index (κ2) is 7.31. The van der Waals surface area contributed by atoms with Crippen LogP contribution in [0.5, 0.6) is 0 Å². The summed E-state index contributed by atoms with van der Waals surface area (Å²) in [5.74, 6) is 0.0902. The maximum atomic E-state index is 13.3. The average molecular weight is 379 g/mol. The molecule has 1 fully saturated rings. The van der Waals surface area contributed by atoms with E-state index >= 15 is 0 Å². The van der Waals surface area contributed by atoms with Crippen molar-refractivity contribution in [3.8, 4) is 0 Å². The lowest BCUT2D eigenvalue weighted by Gasteiger charge is -2.31. The van der Waals surface area contributed by atoms with Gasteiger partial charge in [0.2, 0.25) is 0 Å². The number of hydrogen-bond acceptors (Lipinski definition) is 5. The molecule has 4 aromatic rings. The smallest absolute Gasteiger partial charge is 0.170 e. The van der Waals surface area contributed by atoms with Gasteiger partial charge in [-0.3, -0.25) is 0 Å². The second-order valence-electron chi connectivity index (χ2n) is 7.48. The van der Waals surface area contributed by atoms with E-state index in [0.29, 0.717) is 11.5 Å². The second-order valence-corrected chi connectivity index (χ2v) is 7.48. The molecule has 3 heterocycles. The number of piperidine rings is 1. The van der Waals surface area contributed by atoms with E-state index in [0.717, 1.165) is 67.6 Å². The molecule has 0 atom stereocenters. The van der Waals surface area contributed by atoms with E-state index in [2.05, 4.69) is 26.4 Å². The molecule has 1 aliphatic heterocycles. The van der Waals surface area contributed by atoms with Gasteiger partial charge in [-0.15, -0.1) is 5.10 Å². The topological polar surface area (TPSA) is 60.0 Å². The van der Waals surface area contributed by atoms with Crippen LogP contribution in [0.1, 0.15) is 30.9 Å². The van der Waals surface area contributed by atoms with Gasteiger partial charge in [-0.1, -0.05) is 22.5 Å². The average Bonchev–Trinajstić information content (AvgIpc) is 3.33. The Bertz CT molecular complexity index is 1100. The van der Waals surface area contributed by atoms with Crippen molar-refractivity contribution in [1.29, 1.82) is 0 Å². The molecular formula is C21H22FN5O. The number of likely N-dealkylation sites (tertiary alicyclic amines) is 1. The van der Waals surface area contributed by atoms with Gasteiger partial charge < -0.3 is 9.42 Å². The summed E-state index contributed by atoms with van der Waals surface area (Å²) >= 11 is 0. The van der Waals surface area contributed by atoms with Crippen LogP contribution in [0.2, 0.25) is 0 Å². The Morgan fingerprint density at radius 1 is 1.07 bits per heavy atom. The molecule has 7 heteroatoms. The number of nitrogens with zero attached hydrogens (tertiary/aromatic N) is 5. The van der Waals surface area contributed by atoms with Crippen LogP contribution in [0.15, 0.2) is 47.0 Å². The number of para-hydroxylation sites is 1. The van der Waals surface area contributed by atoms with Gasteiger partial charge in [-0.05, 0) is 63.2 Å². The first kappa shape index (κ1) is 17.3. The van der Waals surface area contributed by atoms with Crippen molar-refractivity contribution < 1.29 is 8.91 Å². The van der Waals surface area contributed by atoms with E-state index in [1.807, 2.05) is 22.9 Å². The third-order valence-electron chi connectivity index (χ3n) is 5.70. The van der Waals surface area contributed by atoms with E-state index < -0.39 is 0 Å². The zero-order valence-electron chi connectivity index (χ0n) is 15.6. The third kappa shape index (κ3) is 3.26. The van der Waals surface area contributed by atoms with Gasteiger partial charge in [0, 0.05) is 23.9 Å². The fraction of sp³-hybridized carbons (Fsp3) is 0.381. The normalized spacial score (nSPS) is 16.3. The highest BCUT2D eigenvalue weighted by Crippen LogP contribution is 2.32. The SMILES string of the molecule is Fc1ccc2c(C3CCN(CCCn4nnc5ccccc54)CC3)noc2c1. The highest BCUT2D eigenvalue weighted by Gasteiger charge is 2.25. The summed E-state index contributed by atoms with van der Waals surface area (Å²) in [7, 11) is 0. The van der Waals surface area contributed by atoms with Crippen LogP contribution >= 0.6 is 0 Å². The number of benzene rings is 2. The highest BCUT2D eigenvalue weighted by molar-refractivity contribution is 5.80. The monoisotopic (exact) mass is 379 g/mol. The number of aryl methyl sites for hydroxylation is 1. The number of fused-ring (bicyclic) bond motifs is 2. The Hall–Kier alpha value is -2.80. The molecule has 28 heavy (non-hydrogen) atoms. The van der Waals surface area contributed by atoms with Crippen molar-refractivity contribution in [3.63, 3.8) is 0 Å². The van der Waals surface area contributed by atoms with Crippen molar-refractivity contribution in [2.24, 2.45) is 0 Å². The number of halogens is 1. The first-order chi connectivity index (χ1) is 13.8. The molecular weight excluding hydrogens is 357 g/mol. The first-order valence-corrected chi connectivity index (χ1v) is 9.83. The molecule has 144 valence electrons. The fourth-order valence-electron chi connectivity index (χ4n) is 4.18. The predicted octanol–water partition coefficient (Wildman–Crippen LogP) is 3.98. The Morgan fingerprint density at radius 2 is 1.93 bits per heavy atom. The summed E-state index contributed by atoms with van der Waals surface area (Å²) in [6.07, 6.45) is 3.14. The molecule has 0 spiro atoms. The van der Waals surface area contributed by atoms with Crippen molar-refractivity contribution in [2.45, 2.75) is 31.7 Å². The molecule has 0 N–H and O–H groups in total. The summed E-state index contributed by atoms with van der Waals surface area (Å²) < 4.78 is 20.7. The van der Waals surface area contributed by atoms with Crippen molar-refractivity contribution in [3.05, 3.63) is 54.0 Å². The van der Waals surface area contributed by atoms with Crippen LogP contribution in [0.3, 0.4) is 0 Å². The van der Waals surface area contributed by atoms with Gasteiger partial charge >= 0.3 is 0 Å². The predicted molar refractivity (Wildman–Crippen MR) is 105 cm³/mol. The molecule has 0 unspecified atom stereocenters. The number of hydrogen-bond donors (Lipinski definition) is 0. The minimum absolute atomic E-state index is 0.287. The van der Waals surface area contributed by atoms with Crippen LogP contribution in [0.4, 0.5) is 4.39 Å². The van der Waals surface area contributed by atoms with E-state index in [1.165, 1.54) is 12.1 Å². The lowest BCUT2D eigenvalue weighted by Crippen LogP contribution is -2.34. The number of rotatable bonds is 5. The van der Waals surface area contributed by atoms with Crippen LogP contribution < -0.4 is 0 Å². The molecule has 1 aliphatic rings. The fourth-order valence-corrected chi connectivity index (χ4v) is 4.18. The molecule has 6 nitrogen and oxygen atoms in total. The summed E-state index contributed by atoms with van der Waals surface area (Å²) in [5.41, 5.74) is 3.56. The molecule has 0 saturated carbocycles. The van der Waals surface area contributed by atoms with Crippen molar-refractivity contribution in [2.75, 3.05) is 19.6 Å². The summed E-state index contributed by atoms with van der Waals surface area (Å²) in [6, 6.07) is 12.7. The molecule has 0 amide bonds. The van der Waals surface area contributed by atoms with Crippen LogP contribution in [-0.2, 0) is 6.54 Å². The molecule has 5 rings (SSSR count). The molecule has 2 aromatic carbocycles. The minimum atomic E-state index is -0.287. The van der Waals surface area contributed by atoms with E-state index in [9.17, 15) is 4.39 Å². The molecule has 0 radical (unpaired) electrons. The Kier molecular flexibility index (Phi) is 4.52. The van der Waals surface area contributed by atoms with Gasteiger partial charge in [-0.2, -0.15) is 0 Å². The van der Waals surface area contributed by atoms with Gasteiger partial charge in [-0.25, -0.2) is 9.07 Å². The van der Waals surface area contributed by atoms with Crippen LogP contribution in [0, 0.1) is 5.82 Å². The summed E-state index contributed by atoms with van der Waals surface area (Å²) in [4.78, 5) is 2.50. The molecule has 1 saturated heterocycles. The largest absolute Gasteiger partial charge is 0.356 e. The first-order valence-electron chi connectivity index (χ1n) is 9.83. The van der Waals surface area contributed by atoms with Gasteiger partial charge in [0.15, 0.2) is 5.58 Å². The van der Waals surface area contributed by atoms with Gasteiger partial charge in [0.1, 0.15) is 11.3 Å². The molecule has 0 aliphatic carbocycles. The van der Waals surface area contributed by atoms with E-state index in [1.54, 1.807) is 6.07 Å². The minimum Gasteiger partial charge on any atom is -0.356 e. The highest BCUT2D eigenvalue weighted by atomic mass is 19.1. The van der Waals surface area contributed by atoms with Crippen molar-refractivity contribution in [1.82, 2.24) is 25.1 Å². The Labute approximate surface area is 161 Å². The van der Waals surface area contributed by atoms with Crippen LogP contribution in [0.25, 0.3) is 22.0 Å². The maximum absolute atomic E-state index is 13.3. The number of aromatic nitrogens is 4. The molecule has 0 bridgehead atoms. The van der Waals surface area contributed by atoms with E-state index in [-0.39, 0.29) is 5.82 Å². The summed E-state index contributed by atoms with van der Waals surface area (Å²) in [5, 5.41) is 13.6. The van der Waals surface area contributed by atoms with Crippen LogP contribution in [-0.4, -0.2) is 44.7 Å². The Balaban J connectivity index is 1.16. The van der Waals surface area contributed by atoms with E-state index in [4.69, 9.17) is 4.52 Å². The quantitative estimate of drug-likeness (QED) is 0.525. The molecule has 2 aromatic heterocycles. The zero-order chi connectivity index (χ0) is 18.9. The zero-order valence-corrected chi connectivity index (χ0v) is 15.6. The Morgan fingerprint density at radius 3 is 2.82 bits per heavy atom. The van der Waals surface area contributed by atoms with Gasteiger partial charge in [0.05, 0.1) is 11.2 Å². The van der Waals surface area contributed by atoms with Crippen molar-refractivity contribution >= 4 is 22.0 Å². The third-order valence-corrected chi connectivity index (χ3v) is 5.70. The summed E-state index contributed by atoms with van der Waals surface area (Å²) in [6.45, 7) is 4.00.